The second-order valence-electron chi connectivity index (χ2n) is 6.79. The summed E-state index contributed by atoms with van der Waals surface area (Å²) >= 11 is 0. The Kier molecular flexibility index (Phi) is 4.52. The molecule has 2 N–H and O–H groups in total. The highest BCUT2D eigenvalue weighted by Gasteiger charge is 2.19. The Balaban J connectivity index is 3.03. The first-order chi connectivity index (χ1) is 10.1. The molecule has 22 heavy (non-hydrogen) atoms. The molecule has 1 nitrogen and oxygen atoms in total. The first kappa shape index (κ1) is 17.2. The maximum Gasteiger partial charge on any atom is 0.141 e. The van der Waals surface area contributed by atoms with Crippen LogP contribution in [0.25, 0.3) is 11.1 Å². The summed E-state index contributed by atoms with van der Waals surface area (Å²) in [4.78, 5) is 0. The van der Waals surface area contributed by atoms with Crippen molar-refractivity contribution in [2.75, 3.05) is 5.73 Å². The Bertz CT molecular complexity index is 675. The molecule has 10 heteroatoms. The molecule has 0 aromatic heterocycles. The molecule has 0 amide bonds. The third kappa shape index (κ3) is 2.32. The van der Waals surface area contributed by atoms with Crippen molar-refractivity contribution in [2.24, 2.45) is 0 Å². The molecule has 0 atom stereocenters. The Morgan fingerprint density at radius 2 is 0.591 bits per heavy atom. The van der Waals surface area contributed by atoms with E-state index in [0.29, 0.717) is 0 Å². The van der Waals surface area contributed by atoms with Gasteiger partial charge in [0, 0.05) is 5.69 Å². The van der Waals surface area contributed by atoms with E-state index in [1.807, 2.05) is 0 Å². The molecule has 0 bridgehead atoms. The average molecular weight is 276 g/mol. The highest BCUT2D eigenvalue weighted by atomic mass is 14.6. The van der Waals surface area contributed by atoms with Gasteiger partial charge in [-0.1, -0.05) is 32.8 Å². The van der Waals surface area contributed by atoms with Crippen molar-refractivity contribution >= 4 is 125 Å². The second kappa shape index (κ2) is 5.79. The largest absolute Gasteiger partial charge is 0.400 e. The molecular formula is C12H20B9N. The van der Waals surface area contributed by atoms with Crippen molar-refractivity contribution in [3.8, 4) is 11.1 Å². The zero-order valence-electron chi connectivity index (χ0n) is 15.6. The molecule has 0 heterocycles. The second-order valence-corrected chi connectivity index (χ2v) is 6.79. The zero-order chi connectivity index (χ0) is 16.9. The summed E-state index contributed by atoms with van der Waals surface area (Å²) in [6.45, 7) is 0. The van der Waals surface area contributed by atoms with Gasteiger partial charge in [-0.25, -0.2) is 0 Å². The van der Waals surface area contributed by atoms with E-state index < -0.39 is 0 Å². The van der Waals surface area contributed by atoms with Gasteiger partial charge in [0.15, 0.2) is 0 Å². The summed E-state index contributed by atoms with van der Waals surface area (Å²) in [6.07, 6.45) is 0. The predicted octanol–water partition coefficient (Wildman–Crippen LogP) is -12.7. The summed E-state index contributed by atoms with van der Waals surface area (Å²) < 4.78 is 0. The van der Waals surface area contributed by atoms with Gasteiger partial charge in [-0.2, -0.15) is 0 Å². The van der Waals surface area contributed by atoms with Crippen LogP contribution in [-0.2, 0) is 0 Å². The van der Waals surface area contributed by atoms with E-state index in [9.17, 15) is 0 Å². The number of anilines is 1. The number of nitrogens with two attached hydrogens (primary N) is 1. The molecule has 0 aliphatic carbocycles. The van der Waals surface area contributed by atoms with Crippen LogP contribution >= 0.6 is 0 Å². The predicted molar refractivity (Wildman–Crippen MR) is 130 cm³/mol. The van der Waals surface area contributed by atoms with E-state index >= 15 is 0 Å². The van der Waals surface area contributed by atoms with E-state index in [1.54, 1.807) is 0 Å². The maximum absolute atomic E-state index is 6.29. The smallest absolute Gasteiger partial charge is 0.141 e. The lowest BCUT2D eigenvalue weighted by atomic mass is 9.56. The van der Waals surface area contributed by atoms with E-state index in [1.165, 1.54) is 60.3 Å². The molecule has 0 radical (unpaired) electrons. The molecule has 2 aromatic carbocycles. The van der Waals surface area contributed by atoms with Crippen LogP contribution in [0.3, 0.4) is 0 Å². The quantitative estimate of drug-likeness (QED) is 0.406. The lowest BCUT2D eigenvalue weighted by molar-refractivity contribution is 1.84. The van der Waals surface area contributed by atoms with Crippen LogP contribution in [0, 0.1) is 0 Å². The molecule has 2 aromatic rings. The molecule has 2 rings (SSSR count). The molecular weight excluding hydrogens is 255 g/mol. The fourth-order valence-electron chi connectivity index (χ4n) is 3.59. The maximum atomic E-state index is 6.29. The lowest BCUT2D eigenvalue weighted by Gasteiger charge is -2.26. The average Bonchev–Trinajstić information content (AvgIpc) is 2.50. The topological polar surface area (TPSA) is 26.0 Å². The van der Waals surface area contributed by atoms with Gasteiger partial charge in [0.2, 0.25) is 0 Å². The third-order valence-electron chi connectivity index (χ3n) is 5.93. The first-order valence-corrected chi connectivity index (χ1v) is 8.04. The number of rotatable bonds is 1. The number of hydrogen-bond acceptors (Lipinski definition) is 1. The first-order valence-electron chi connectivity index (χ1n) is 8.04. The van der Waals surface area contributed by atoms with Crippen molar-refractivity contribution < 1.29 is 0 Å². The molecule has 0 unspecified atom stereocenters. The minimum absolute atomic E-state index is 0.939. The Hall–Kier alpha value is -1.18. The van der Waals surface area contributed by atoms with Gasteiger partial charge in [-0.05, 0) is 11.1 Å². The van der Waals surface area contributed by atoms with Gasteiger partial charge < -0.3 is 5.73 Å². The van der Waals surface area contributed by atoms with Crippen molar-refractivity contribution in [2.45, 2.75) is 0 Å². The monoisotopic (exact) mass is 277 g/mol. The van der Waals surface area contributed by atoms with Crippen LogP contribution in [0.5, 0.6) is 0 Å². The van der Waals surface area contributed by atoms with E-state index in [4.69, 9.17) is 5.73 Å². The Morgan fingerprint density at radius 1 is 0.364 bits per heavy atom. The summed E-state index contributed by atoms with van der Waals surface area (Å²) in [6, 6.07) is 0. The summed E-state index contributed by atoms with van der Waals surface area (Å²) in [5, 5.41) is 0. The molecule has 0 fully saturated rings. The summed E-state index contributed by atoms with van der Waals surface area (Å²) in [5.41, 5.74) is 22.1. The number of hydrogen-bond donors (Lipinski definition) is 1. The van der Waals surface area contributed by atoms with Crippen LogP contribution < -0.4 is 54.9 Å². The summed E-state index contributed by atoms with van der Waals surface area (Å²) in [5.74, 6) is 0. The molecule has 0 aliphatic heterocycles. The van der Waals surface area contributed by atoms with E-state index in [-0.39, 0.29) is 0 Å². The summed E-state index contributed by atoms with van der Waals surface area (Å²) in [7, 11) is 19.9. The molecule has 0 aliphatic rings. The minimum Gasteiger partial charge on any atom is -0.400 e. The number of nitrogen functional groups attached to an aromatic ring is 1. The highest BCUT2D eigenvalue weighted by Crippen LogP contribution is 2.07. The lowest BCUT2D eigenvalue weighted by Crippen LogP contribution is -2.57. The van der Waals surface area contributed by atoms with E-state index in [0.717, 1.165) is 5.69 Å². The third-order valence-corrected chi connectivity index (χ3v) is 5.93. The number of benzene rings is 2. The molecule has 100 valence electrons. The van der Waals surface area contributed by atoms with Crippen molar-refractivity contribution in [3.05, 3.63) is 0 Å². The van der Waals surface area contributed by atoms with Crippen LogP contribution in [0.4, 0.5) is 5.69 Å². The van der Waals surface area contributed by atoms with Gasteiger partial charge in [-0.15, -0.1) is 16.4 Å². The van der Waals surface area contributed by atoms with Gasteiger partial charge in [0.05, 0.1) is 0 Å². The fraction of sp³-hybridized carbons (Fsp3) is 0. The Labute approximate surface area is 142 Å². The standard InChI is InChI=1S/C12H20B9N/c13-3-1(4(14)8(18)9(19)7(3)17)2-5(15)10(20)12(22)11(21)6(2)16/h13-22H2. The minimum atomic E-state index is 0.939. The van der Waals surface area contributed by atoms with Crippen molar-refractivity contribution in [1.29, 1.82) is 0 Å². The molecule has 0 saturated carbocycles. The SMILES string of the molecule is Bc1c(B)c(B)c(-c2c(B)c(B)c(N)c(B)c2B)c(B)c1B. The highest BCUT2D eigenvalue weighted by molar-refractivity contribution is 6.70. The molecule has 0 spiro atoms. The van der Waals surface area contributed by atoms with Gasteiger partial charge in [-0.3, -0.25) is 0 Å². The van der Waals surface area contributed by atoms with Gasteiger partial charge in [0.1, 0.15) is 70.6 Å². The van der Waals surface area contributed by atoms with E-state index in [2.05, 4.69) is 70.6 Å². The fourth-order valence-corrected chi connectivity index (χ4v) is 3.59. The van der Waals surface area contributed by atoms with Gasteiger partial charge in [0.25, 0.3) is 0 Å². The zero-order valence-corrected chi connectivity index (χ0v) is 15.6. The Morgan fingerprint density at radius 3 is 0.909 bits per heavy atom. The van der Waals surface area contributed by atoms with Crippen LogP contribution in [0.1, 0.15) is 0 Å². The molecule has 0 saturated heterocycles. The van der Waals surface area contributed by atoms with Crippen LogP contribution in [-0.4, -0.2) is 70.6 Å². The van der Waals surface area contributed by atoms with Gasteiger partial charge >= 0.3 is 0 Å². The van der Waals surface area contributed by atoms with Crippen LogP contribution in [0.15, 0.2) is 0 Å². The van der Waals surface area contributed by atoms with Crippen molar-refractivity contribution in [3.63, 3.8) is 0 Å². The van der Waals surface area contributed by atoms with Crippen LogP contribution in [0.2, 0.25) is 0 Å². The normalized spacial score (nSPS) is 10.7. The van der Waals surface area contributed by atoms with Crippen molar-refractivity contribution in [1.82, 2.24) is 0 Å².